The van der Waals surface area contributed by atoms with Crippen LogP contribution in [0, 0.1) is 11.8 Å². The molecule has 75 heavy (non-hydrogen) atoms. The van der Waals surface area contributed by atoms with Gasteiger partial charge in [-0.1, -0.05) is 148 Å². The highest BCUT2D eigenvalue weighted by Crippen LogP contribution is 2.60. The van der Waals surface area contributed by atoms with Gasteiger partial charge in [0.1, 0.15) is 43.1 Å². The number of anilines is 1. The number of carbonyl (C=O) groups excluding carboxylic acids is 2. The van der Waals surface area contributed by atoms with Crippen molar-refractivity contribution in [2.45, 2.75) is 230 Å². The zero-order valence-corrected chi connectivity index (χ0v) is 46.1. The lowest BCUT2D eigenvalue weighted by atomic mass is 9.92. The number of fused-ring (bicyclic) bond motifs is 3. The van der Waals surface area contributed by atoms with Crippen molar-refractivity contribution < 1.29 is 86.3 Å². The van der Waals surface area contributed by atoms with Gasteiger partial charge in [0.2, 0.25) is 0 Å². The number of nitrogens with two attached hydrogens (primary N) is 1. The summed E-state index contributed by atoms with van der Waals surface area (Å²) in [5.74, 6) is -2.06. The summed E-state index contributed by atoms with van der Waals surface area (Å²) in [6, 6.07) is 1.23. The Balaban J connectivity index is 1.76. The van der Waals surface area contributed by atoms with Gasteiger partial charge in [-0.25, -0.2) is 13.9 Å². The third-order valence-electron chi connectivity index (χ3n) is 13.0. The predicted octanol–water partition coefficient (Wildman–Crippen LogP) is 7.36. The fourth-order valence-electron chi connectivity index (χ4n) is 8.71. The van der Waals surface area contributed by atoms with Crippen molar-refractivity contribution in [1.82, 2.24) is 9.55 Å². The fourth-order valence-corrected chi connectivity index (χ4v) is 10.8. The number of aliphatic hydroxyl groups excluding tert-OH is 5. The maximum absolute atomic E-state index is 13.4. The van der Waals surface area contributed by atoms with Gasteiger partial charge in [-0.15, -0.1) is 0 Å². The first-order valence-corrected chi connectivity index (χ1v) is 30.1. The third kappa shape index (κ3) is 28.0. The molecule has 1 saturated heterocycles. The molecule has 2 aliphatic heterocycles. The maximum atomic E-state index is 13.4. The first kappa shape index (κ1) is 66.4. The van der Waals surface area contributed by atoms with Gasteiger partial charge in [-0.05, 0) is 44.1 Å². The lowest BCUT2D eigenvalue weighted by Crippen LogP contribution is -2.49. The van der Waals surface area contributed by atoms with E-state index in [2.05, 4.69) is 23.1 Å². The number of allylic oxidation sites excluding steroid dienone is 2. The first-order valence-electron chi connectivity index (χ1n) is 27.1. The van der Waals surface area contributed by atoms with Crippen molar-refractivity contribution in [2.24, 2.45) is 11.8 Å². The number of phosphoric ester groups is 2. The minimum absolute atomic E-state index is 0.0769. The minimum Gasteiger partial charge on any atom is -0.462 e. The van der Waals surface area contributed by atoms with Crippen molar-refractivity contribution in [3.05, 3.63) is 47.1 Å². The topological polar surface area (TPSA) is 335 Å². The second kappa shape index (κ2) is 36.3. The van der Waals surface area contributed by atoms with Crippen LogP contribution < -0.4 is 11.4 Å². The molecule has 2 bridgehead atoms. The van der Waals surface area contributed by atoms with E-state index in [1.165, 1.54) is 76.0 Å². The van der Waals surface area contributed by atoms with Crippen molar-refractivity contribution in [2.75, 3.05) is 25.6 Å². The number of unbranched alkanes of at least 4 members (excludes halogenated alkanes) is 14. The molecule has 0 aromatic carbocycles. The number of esters is 2. The highest BCUT2D eigenvalue weighted by atomic mass is 31.3. The summed E-state index contributed by atoms with van der Waals surface area (Å²) in [5, 5.41) is 56.8. The van der Waals surface area contributed by atoms with Crippen LogP contribution in [-0.2, 0) is 51.0 Å². The number of hydrogen-bond donors (Lipinski definition) is 8. The molecular formula is C51H89N3O19P2. The molecule has 3 unspecified atom stereocenters. The van der Waals surface area contributed by atoms with Crippen LogP contribution in [-0.4, -0.2) is 126 Å². The molecule has 432 valence electrons. The molecule has 1 aromatic rings. The molecule has 0 radical (unpaired) electrons. The molecule has 3 rings (SSSR count). The Morgan fingerprint density at radius 2 is 1.47 bits per heavy atom. The van der Waals surface area contributed by atoms with Crippen LogP contribution in [0.15, 0.2) is 41.4 Å². The molecule has 12 atom stereocenters. The summed E-state index contributed by atoms with van der Waals surface area (Å²) in [6.45, 7) is 3.76. The standard InChI is InChI=1S/C51H89N3O19P2/c1-4-5-19-25-38(55)29-30-42-48(60)49(61)43-36-69-75(65,66)73-74(63,64)68-35-39(34-67-45(57)27-22-16-14-12-10-8-6-7-9-11-13-15-20-24-37(2)3)70-46(58)28-23-18-17-21-26-40(41(56)33-47(59)71-42)50(72-43)54-32-31-44(52)53-51(54)62/h17,21,29-32,37-43,47-50,55-56,59-61H,4-16,18-20,22-28,33-36H2,1-3H3,(H,63,64)(H,65,66)(H2,52,53,62)/b21-17?,30-29+/t38-,39+,40-,41-,42+,43+,47?,48-,49+,50+/m0/s1. The van der Waals surface area contributed by atoms with Crippen molar-refractivity contribution >= 4 is 33.4 Å². The van der Waals surface area contributed by atoms with Crippen LogP contribution >= 0.6 is 15.6 Å². The zero-order valence-electron chi connectivity index (χ0n) is 44.3. The lowest BCUT2D eigenvalue weighted by Gasteiger charge is -2.36. The molecule has 0 aliphatic carbocycles. The number of phosphoric acid groups is 2. The monoisotopic (exact) mass is 1110 g/mol. The molecular weight excluding hydrogens is 1020 g/mol. The average Bonchev–Trinajstić information content (AvgIpc) is 3.34. The number of aliphatic hydroxyl groups is 5. The van der Waals surface area contributed by atoms with Crippen LogP contribution in [0.1, 0.15) is 181 Å². The maximum Gasteiger partial charge on any atom is 0.481 e. The van der Waals surface area contributed by atoms with Gasteiger partial charge >= 0.3 is 33.3 Å². The van der Waals surface area contributed by atoms with Gasteiger partial charge in [-0.2, -0.15) is 9.29 Å². The SMILES string of the molecule is CCCCC[C@H](O)/C=C/[C@H]1OC(O)C[C@H](O)[C@@H]2CC=CCCCC(=O)O[C@H](COC(=O)CCCCCCCCCCCCCCCC(C)C)COP(=O)(O)OP(=O)(O)OC[C@@H](O[C@H]2n2ccc(N)nc2=O)[C@@H](O)[C@H]1O. The highest BCUT2D eigenvalue weighted by Gasteiger charge is 2.44. The number of rotatable bonds is 25. The van der Waals surface area contributed by atoms with Crippen LogP contribution in [0.2, 0.25) is 0 Å². The Hall–Kier alpha value is -2.92. The number of cyclic esters (lactones) is 1. The van der Waals surface area contributed by atoms with E-state index >= 15 is 0 Å². The van der Waals surface area contributed by atoms with Crippen LogP contribution in [0.4, 0.5) is 5.82 Å². The van der Waals surface area contributed by atoms with Crippen LogP contribution in [0.25, 0.3) is 0 Å². The van der Waals surface area contributed by atoms with E-state index in [-0.39, 0.29) is 37.9 Å². The summed E-state index contributed by atoms with van der Waals surface area (Å²) in [5.41, 5.74) is 4.76. The molecule has 1 aromatic heterocycles. The van der Waals surface area contributed by atoms with Gasteiger partial charge in [0, 0.05) is 31.4 Å². The van der Waals surface area contributed by atoms with Crippen molar-refractivity contribution in [3.63, 3.8) is 0 Å². The molecule has 0 amide bonds. The molecule has 0 spiro atoms. The number of hydrogen-bond acceptors (Lipinski definition) is 19. The Morgan fingerprint density at radius 3 is 2.09 bits per heavy atom. The van der Waals surface area contributed by atoms with E-state index in [1.54, 1.807) is 12.2 Å². The predicted molar refractivity (Wildman–Crippen MR) is 278 cm³/mol. The number of aromatic nitrogens is 2. The minimum atomic E-state index is -5.73. The Bertz CT molecular complexity index is 1990. The fraction of sp³-hybridized carbons (Fsp3) is 0.804. The molecule has 24 heteroatoms. The number of carbonyl (C=O) groups is 2. The second-order valence-corrected chi connectivity index (χ2v) is 23.1. The van der Waals surface area contributed by atoms with Gasteiger partial charge in [-0.3, -0.25) is 23.2 Å². The van der Waals surface area contributed by atoms with Crippen LogP contribution in [0.3, 0.4) is 0 Å². The largest absolute Gasteiger partial charge is 0.481 e. The summed E-state index contributed by atoms with van der Waals surface area (Å²) >= 11 is 0. The van der Waals surface area contributed by atoms with Crippen LogP contribution in [0.5, 0.6) is 0 Å². The summed E-state index contributed by atoms with van der Waals surface area (Å²) in [6.07, 6.45) is 9.75. The number of ether oxygens (including phenoxy) is 4. The Morgan fingerprint density at radius 1 is 0.853 bits per heavy atom. The first-order chi connectivity index (χ1) is 35.7. The molecule has 9 N–H and O–H groups in total. The third-order valence-corrected chi connectivity index (χ3v) is 15.6. The van der Waals surface area contributed by atoms with Gasteiger partial charge < -0.3 is 60.0 Å². The number of nitrogens with zero attached hydrogens (tertiary/aromatic N) is 2. The lowest BCUT2D eigenvalue weighted by molar-refractivity contribution is -0.192. The second-order valence-electron chi connectivity index (χ2n) is 20.1. The highest BCUT2D eigenvalue weighted by molar-refractivity contribution is 7.61. The summed E-state index contributed by atoms with van der Waals surface area (Å²) in [4.78, 5) is 64.3. The average molecular weight is 1110 g/mol. The normalized spacial score (nSPS) is 29.7. The Labute approximate surface area is 442 Å². The van der Waals surface area contributed by atoms with Crippen molar-refractivity contribution in [1.29, 1.82) is 0 Å². The van der Waals surface area contributed by atoms with Gasteiger partial charge in [0.25, 0.3) is 0 Å². The summed E-state index contributed by atoms with van der Waals surface area (Å²) < 4.78 is 64.8. The van der Waals surface area contributed by atoms with Gasteiger partial charge in [0.15, 0.2) is 12.4 Å². The molecule has 22 nitrogen and oxygen atoms in total. The van der Waals surface area contributed by atoms with E-state index < -0.39 is 121 Å². The van der Waals surface area contributed by atoms with E-state index in [0.717, 1.165) is 55.2 Å². The molecule has 2 aliphatic rings. The van der Waals surface area contributed by atoms with E-state index in [9.17, 15) is 58.8 Å². The smallest absolute Gasteiger partial charge is 0.462 e. The number of nitrogen functional groups attached to an aromatic ring is 1. The quantitative estimate of drug-likeness (QED) is 0.0205. The van der Waals surface area contributed by atoms with Gasteiger partial charge in [0.05, 0.1) is 25.4 Å². The zero-order chi connectivity index (χ0) is 55.2. The molecule has 0 saturated carbocycles. The van der Waals surface area contributed by atoms with Crippen molar-refractivity contribution in [3.8, 4) is 0 Å². The van der Waals surface area contributed by atoms with E-state index in [0.29, 0.717) is 19.3 Å². The van der Waals surface area contributed by atoms with E-state index in [4.69, 9.17) is 33.7 Å². The summed E-state index contributed by atoms with van der Waals surface area (Å²) in [7, 11) is -11.3. The molecule has 3 heterocycles. The Kier molecular flexibility index (Phi) is 32.1. The molecule has 1 fully saturated rings. The van der Waals surface area contributed by atoms with E-state index in [1.807, 2.05) is 6.92 Å².